The Bertz CT molecular complexity index is 635. The van der Waals surface area contributed by atoms with E-state index in [1.807, 2.05) is 18.0 Å². The first-order valence-electron chi connectivity index (χ1n) is 7.29. The standard InChI is InChI=1S/C16H18FN3O/c1-2-19-11-9-14(18-19)16(21)20-10-3-4-15(20)12-5-7-13(17)8-6-12/h5-9,11,15H,2-4,10H2,1H3/t15-/m0/s1. The molecule has 1 aliphatic rings. The lowest BCUT2D eigenvalue weighted by molar-refractivity contribution is 0.0728. The Labute approximate surface area is 123 Å². The van der Waals surface area contributed by atoms with Gasteiger partial charge in [-0.05, 0) is 43.5 Å². The Kier molecular flexibility index (Phi) is 3.73. The van der Waals surface area contributed by atoms with E-state index < -0.39 is 0 Å². The molecule has 1 amide bonds. The number of hydrogen-bond donors (Lipinski definition) is 0. The fourth-order valence-corrected chi connectivity index (χ4v) is 2.84. The Morgan fingerprint density at radius 1 is 1.33 bits per heavy atom. The lowest BCUT2D eigenvalue weighted by atomic mass is 10.0. The Morgan fingerprint density at radius 2 is 2.10 bits per heavy atom. The average molecular weight is 287 g/mol. The van der Waals surface area contributed by atoms with Gasteiger partial charge in [-0.1, -0.05) is 12.1 Å². The quantitative estimate of drug-likeness (QED) is 0.870. The van der Waals surface area contributed by atoms with Crippen molar-refractivity contribution in [1.82, 2.24) is 14.7 Å². The first-order chi connectivity index (χ1) is 10.2. The van der Waals surface area contributed by atoms with Crippen LogP contribution in [-0.2, 0) is 6.54 Å². The van der Waals surface area contributed by atoms with Gasteiger partial charge in [-0.3, -0.25) is 9.48 Å². The number of amides is 1. The summed E-state index contributed by atoms with van der Waals surface area (Å²) in [6.07, 6.45) is 3.68. The highest BCUT2D eigenvalue weighted by Gasteiger charge is 2.31. The van der Waals surface area contributed by atoms with Crippen LogP contribution in [0.5, 0.6) is 0 Å². The molecular weight excluding hydrogens is 269 g/mol. The molecule has 0 aliphatic carbocycles. The molecule has 4 nitrogen and oxygen atoms in total. The Balaban J connectivity index is 1.83. The molecule has 0 saturated carbocycles. The third-order valence-corrected chi connectivity index (χ3v) is 3.95. The van der Waals surface area contributed by atoms with E-state index in [1.165, 1.54) is 12.1 Å². The molecule has 110 valence electrons. The van der Waals surface area contributed by atoms with Crippen LogP contribution in [0.4, 0.5) is 4.39 Å². The van der Waals surface area contributed by atoms with Crippen LogP contribution in [0, 0.1) is 5.82 Å². The number of nitrogens with zero attached hydrogens (tertiary/aromatic N) is 3. The van der Waals surface area contributed by atoms with E-state index in [0.29, 0.717) is 5.69 Å². The fourth-order valence-electron chi connectivity index (χ4n) is 2.84. The zero-order chi connectivity index (χ0) is 14.8. The number of aromatic nitrogens is 2. The maximum Gasteiger partial charge on any atom is 0.274 e. The zero-order valence-electron chi connectivity index (χ0n) is 12.0. The first-order valence-corrected chi connectivity index (χ1v) is 7.29. The molecule has 1 fully saturated rings. The van der Waals surface area contributed by atoms with Crippen molar-refractivity contribution >= 4 is 5.91 Å². The minimum Gasteiger partial charge on any atom is -0.330 e. The first kappa shape index (κ1) is 13.8. The monoisotopic (exact) mass is 287 g/mol. The second-order valence-corrected chi connectivity index (χ2v) is 5.26. The van der Waals surface area contributed by atoms with Gasteiger partial charge < -0.3 is 4.90 Å². The largest absolute Gasteiger partial charge is 0.330 e. The van der Waals surface area contributed by atoms with Gasteiger partial charge in [0.1, 0.15) is 11.5 Å². The summed E-state index contributed by atoms with van der Waals surface area (Å²) in [4.78, 5) is 14.4. The fraction of sp³-hybridized carbons (Fsp3) is 0.375. The minimum atomic E-state index is -0.253. The van der Waals surface area contributed by atoms with Crippen molar-refractivity contribution in [2.24, 2.45) is 0 Å². The van der Waals surface area contributed by atoms with E-state index in [-0.39, 0.29) is 17.8 Å². The molecule has 1 atom stereocenters. The van der Waals surface area contributed by atoms with Gasteiger partial charge in [0.2, 0.25) is 0 Å². The van der Waals surface area contributed by atoms with Crippen LogP contribution in [0.15, 0.2) is 36.5 Å². The van der Waals surface area contributed by atoms with Crippen molar-refractivity contribution in [2.75, 3.05) is 6.54 Å². The molecule has 0 spiro atoms. The number of rotatable bonds is 3. The highest BCUT2D eigenvalue weighted by atomic mass is 19.1. The molecular formula is C16H18FN3O. The summed E-state index contributed by atoms with van der Waals surface area (Å²) in [5.41, 5.74) is 1.46. The molecule has 1 aromatic heterocycles. The van der Waals surface area contributed by atoms with Crippen molar-refractivity contribution in [2.45, 2.75) is 32.4 Å². The van der Waals surface area contributed by atoms with Crippen LogP contribution < -0.4 is 0 Å². The topological polar surface area (TPSA) is 38.1 Å². The molecule has 1 aliphatic heterocycles. The molecule has 0 unspecified atom stereocenters. The SMILES string of the molecule is CCn1ccc(C(=O)N2CCC[C@H]2c2ccc(F)cc2)n1. The summed E-state index contributed by atoms with van der Waals surface area (Å²) >= 11 is 0. The van der Waals surface area contributed by atoms with Crippen LogP contribution >= 0.6 is 0 Å². The molecule has 21 heavy (non-hydrogen) atoms. The van der Waals surface area contributed by atoms with Crippen LogP contribution in [0.25, 0.3) is 0 Å². The van der Waals surface area contributed by atoms with Crippen molar-refractivity contribution in [3.63, 3.8) is 0 Å². The van der Waals surface area contributed by atoms with E-state index in [4.69, 9.17) is 0 Å². The van der Waals surface area contributed by atoms with Gasteiger partial charge in [0.05, 0.1) is 6.04 Å². The maximum atomic E-state index is 13.0. The van der Waals surface area contributed by atoms with E-state index in [9.17, 15) is 9.18 Å². The molecule has 1 saturated heterocycles. The number of carbonyl (C=O) groups is 1. The van der Waals surface area contributed by atoms with Crippen molar-refractivity contribution < 1.29 is 9.18 Å². The second-order valence-electron chi connectivity index (χ2n) is 5.26. The van der Waals surface area contributed by atoms with Gasteiger partial charge in [-0.15, -0.1) is 0 Å². The predicted octanol–water partition coefficient (Wildman–Crippen LogP) is 3.02. The van der Waals surface area contributed by atoms with Gasteiger partial charge in [-0.2, -0.15) is 5.10 Å². The molecule has 3 rings (SSSR count). The molecule has 0 bridgehead atoms. The second kappa shape index (κ2) is 5.68. The summed E-state index contributed by atoms with van der Waals surface area (Å²) in [6, 6.07) is 8.19. The Morgan fingerprint density at radius 3 is 2.76 bits per heavy atom. The molecule has 5 heteroatoms. The lowest BCUT2D eigenvalue weighted by Gasteiger charge is -2.24. The van der Waals surface area contributed by atoms with Crippen LogP contribution in [-0.4, -0.2) is 27.1 Å². The van der Waals surface area contributed by atoms with Crippen LogP contribution in [0.2, 0.25) is 0 Å². The van der Waals surface area contributed by atoms with E-state index in [0.717, 1.165) is 31.5 Å². The number of carbonyl (C=O) groups excluding carboxylic acids is 1. The van der Waals surface area contributed by atoms with Gasteiger partial charge in [0.25, 0.3) is 5.91 Å². The highest BCUT2D eigenvalue weighted by Crippen LogP contribution is 2.32. The predicted molar refractivity (Wildman–Crippen MR) is 77.3 cm³/mol. The van der Waals surface area contributed by atoms with Crippen LogP contribution in [0.1, 0.15) is 41.9 Å². The van der Waals surface area contributed by atoms with Crippen LogP contribution in [0.3, 0.4) is 0 Å². The highest BCUT2D eigenvalue weighted by molar-refractivity contribution is 5.92. The smallest absolute Gasteiger partial charge is 0.274 e. The molecule has 1 aromatic carbocycles. The van der Waals surface area contributed by atoms with Crippen molar-refractivity contribution in [3.8, 4) is 0 Å². The normalized spacial score (nSPS) is 18.2. The van der Waals surface area contributed by atoms with E-state index in [2.05, 4.69) is 5.10 Å². The molecule has 0 N–H and O–H groups in total. The summed E-state index contributed by atoms with van der Waals surface area (Å²) in [7, 11) is 0. The Hall–Kier alpha value is -2.17. The van der Waals surface area contributed by atoms with Gasteiger partial charge >= 0.3 is 0 Å². The number of aryl methyl sites for hydroxylation is 1. The zero-order valence-corrected chi connectivity index (χ0v) is 12.0. The lowest BCUT2D eigenvalue weighted by Crippen LogP contribution is -2.31. The summed E-state index contributed by atoms with van der Waals surface area (Å²) in [5, 5.41) is 4.28. The van der Waals surface area contributed by atoms with Gasteiger partial charge in [0, 0.05) is 19.3 Å². The summed E-state index contributed by atoms with van der Waals surface area (Å²) in [5.74, 6) is -0.301. The molecule has 0 radical (unpaired) electrons. The number of benzene rings is 1. The number of hydrogen-bond acceptors (Lipinski definition) is 2. The van der Waals surface area contributed by atoms with Crippen molar-refractivity contribution in [3.05, 3.63) is 53.6 Å². The number of halogens is 1. The molecule has 2 heterocycles. The van der Waals surface area contributed by atoms with Gasteiger partial charge in [-0.25, -0.2) is 4.39 Å². The molecule has 2 aromatic rings. The summed E-state index contributed by atoms with van der Waals surface area (Å²) in [6.45, 7) is 3.45. The maximum absolute atomic E-state index is 13.0. The third kappa shape index (κ3) is 2.68. The van der Waals surface area contributed by atoms with E-state index >= 15 is 0 Å². The van der Waals surface area contributed by atoms with Gasteiger partial charge in [0.15, 0.2) is 0 Å². The summed E-state index contributed by atoms with van der Waals surface area (Å²) < 4.78 is 14.8. The average Bonchev–Trinajstić information content (AvgIpc) is 3.16. The van der Waals surface area contributed by atoms with Crippen molar-refractivity contribution in [1.29, 1.82) is 0 Å². The third-order valence-electron chi connectivity index (χ3n) is 3.95. The van der Waals surface area contributed by atoms with E-state index in [1.54, 1.807) is 22.9 Å². The number of likely N-dealkylation sites (tertiary alicyclic amines) is 1. The minimum absolute atomic E-state index is 0.0184.